The summed E-state index contributed by atoms with van der Waals surface area (Å²) < 4.78 is 1.37. The molecule has 0 aliphatic carbocycles. The highest BCUT2D eigenvalue weighted by Gasteiger charge is 2.29. The van der Waals surface area contributed by atoms with E-state index in [1.807, 2.05) is 6.92 Å². The molecule has 0 radical (unpaired) electrons. The van der Waals surface area contributed by atoms with Gasteiger partial charge in [0.2, 0.25) is 0 Å². The smallest absolute Gasteiger partial charge is 0.270 e. The monoisotopic (exact) mass is 287 g/mol. The van der Waals surface area contributed by atoms with Crippen molar-refractivity contribution < 1.29 is 9.90 Å². The number of carbonyl (C=O) groups is 1. The second-order valence-corrected chi connectivity index (χ2v) is 5.49. The number of aliphatic hydroxyl groups excluding tert-OH is 1. The van der Waals surface area contributed by atoms with E-state index in [1.165, 1.54) is 10.6 Å². The van der Waals surface area contributed by atoms with Gasteiger partial charge >= 0.3 is 0 Å². The average Bonchev–Trinajstić information content (AvgIpc) is 2.50. The third-order valence-corrected chi connectivity index (χ3v) is 3.99. The lowest BCUT2D eigenvalue weighted by Gasteiger charge is -2.34. The van der Waals surface area contributed by atoms with Crippen LogP contribution in [0, 0.1) is 5.92 Å². The highest BCUT2D eigenvalue weighted by Crippen LogP contribution is 2.17. The minimum atomic E-state index is -0.384. The van der Waals surface area contributed by atoms with Crippen LogP contribution in [0.3, 0.4) is 0 Å². The Morgan fingerprint density at radius 3 is 3.00 bits per heavy atom. The normalized spacial score (nSPS) is 22.5. The summed E-state index contributed by atoms with van der Waals surface area (Å²) in [4.78, 5) is 30.7. The van der Waals surface area contributed by atoms with Crippen LogP contribution in [0.2, 0.25) is 0 Å². The van der Waals surface area contributed by atoms with Crippen LogP contribution in [0.4, 0.5) is 0 Å². The summed E-state index contributed by atoms with van der Waals surface area (Å²) in [6.07, 6.45) is 3.10. The van der Waals surface area contributed by atoms with Gasteiger partial charge in [0, 0.05) is 25.5 Å². The zero-order chi connectivity index (χ0) is 15.0. The first-order valence-corrected chi connectivity index (χ1v) is 7.01. The van der Waals surface area contributed by atoms with Crippen molar-refractivity contribution in [2.24, 2.45) is 5.92 Å². The van der Waals surface area contributed by atoms with Crippen LogP contribution in [0.5, 0.6) is 0 Å². The molecule has 1 fully saturated rings. The molecule has 21 heavy (non-hydrogen) atoms. The van der Waals surface area contributed by atoms with Crippen LogP contribution in [-0.2, 0) is 0 Å². The minimum absolute atomic E-state index is 0.0128. The van der Waals surface area contributed by atoms with E-state index >= 15 is 0 Å². The predicted octanol–water partition coefficient (Wildman–Crippen LogP) is 0.537. The average molecular weight is 287 g/mol. The number of aliphatic hydroxyl groups is 1. The van der Waals surface area contributed by atoms with Crippen LogP contribution in [0.1, 0.15) is 23.7 Å². The SMILES string of the molecule is CC1CN(C(=O)c2cnc3ccccn3c2=O)CCC1O. The lowest BCUT2D eigenvalue weighted by atomic mass is 9.96. The van der Waals surface area contributed by atoms with Gasteiger partial charge < -0.3 is 10.0 Å². The van der Waals surface area contributed by atoms with Crippen molar-refractivity contribution in [3.63, 3.8) is 0 Å². The number of carbonyl (C=O) groups excluding carboxylic acids is 1. The zero-order valence-electron chi connectivity index (χ0n) is 11.8. The Labute approximate surface area is 121 Å². The second kappa shape index (κ2) is 5.29. The predicted molar refractivity (Wildman–Crippen MR) is 77.2 cm³/mol. The van der Waals surface area contributed by atoms with Gasteiger partial charge in [-0.25, -0.2) is 4.98 Å². The first-order valence-electron chi connectivity index (χ1n) is 7.01. The summed E-state index contributed by atoms with van der Waals surface area (Å²) in [6.45, 7) is 2.81. The Kier molecular flexibility index (Phi) is 3.47. The highest BCUT2D eigenvalue weighted by atomic mass is 16.3. The molecule has 0 bridgehead atoms. The summed E-state index contributed by atoms with van der Waals surface area (Å²) >= 11 is 0. The number of fused-ring (bicyclic) bond motifs is 1. The van der Waals surface area contributed by atoms with E-state index in [0.29, 0.717) is 25.2 Å². The van der Waals surface area contributed by atoms with E-state index in [-0.39, 0.29) is 29.1 Å². The molecular formula is C15H17N3O3. The molecule has 3 rings (SSSR count). The molecule has 6 nitrogen and oxygen atoms in total. The van der Waals surface area contributed by atoms with Gasteiger partial charge in [-0.2, -0.15) is 0 Å². The van der Waals surface area contributed by atoms with Crippen molar-refractivity contribution in [1.82, 2.24) is 14.3 Å². The molecule has 110 valence electrons. The molecule has 2 aromatic rings. The Balaban J connectivity index is 1.95. The Morgan fingerprint density at radius 1 is 1.43 bits per heavy atom. The van der Waals surface area contributed by atoms with Crippen molar-refractivity contribution >= 4 is 11.6 Å². The van der Waals surface area contributed by atoms with Gasteiger partial charge in [-0.3, -0.25) is 14.0 Å². The molecule has 1 amide bonds. The summed E-state index contributed by atoms with van der Waals surface area (Å²) in [7, 11) is 0. The first kappa shape index (κ1) is 13.8. The van der Waals surface area contributed by atoms with Gasteiger partial charge in [0.25, 0.3) is 11.5 Å². The quantitative estimate of drug-likeness (QED) is 0.830. The van der Waals surface area contributed by atoms with Crippen LogP contribution in [0.15, 0.2) is 35.4 Å². The standard InChI is InChI=1S/C15H17N3O3/c1-10-9-17(7-5-12(10)19)14(20)11-8-16-13-4-2-3-6-18(13)15(11)21/h2-4,6,8,10,12,19H,5,7,9H2,1H3. The van der Waals surface area contributed by atoms with E-state index in [9.17, 15) is 14.7 Å². The third-order valence-electron chi connectivity index (χ3n) is 3.99. The molecular weight excluding hydrogens is 270 g/mol. The summed E-state index contributed by atoms with van der Waals surface area (Å²) in [5, 5.41) is 9.73. The number of rotatable bonds is 1. The maximum atomic E-state index is 12.5. The lowest BCUT2D eigenvalue weighted by molar-refractivity contribution is 0.0296. The van der Waals surface area contributed by atoms with Crippen molar-refractivity contribution in [3.05, 3.63) is 46.5 Å². The number of amides is 1. The minimum Gasteiger partial charge on any atom is -0.393 e. The molecule has 1 N–H and O–H groups in total. The fraction of sp³-hybridized carbons (Fsp3) is 0.400. The van der Waals surface area contributed by atoms with Gasteiger partial charge in [0.05, 0.1) is 6.10 Å². The lowest BCUT2D eigenvalue weighted by Crippen LogP contribution is -2.46. The number of hydrogen-bond donors (Lipinski definition) is 1. The number of likely N-dealkylation sites (tertiary alicyclic amines) is 1. The maximum Gasteiger partial charge on any atom is 0.270 e. The van der Waals surface area contributed by atoms with Gasteiger partial charge in [-0.05, 0) is 24.5 Å². The van der Waals surface area contributed by atoms with Crippen LogP contribution >= 0.6 is 0 Å². The van der Waals surface area contributed by atoms with Crippen molar-refractivity contribution in [3.8, 4) is 0 Å². The number of nitrogens with zero attached hydrogens (tertiary/aromatic N) is 3. The van der Waals surface area contributed by atoms with Gasteiger partial charge in [0.1, 0.15) is 11.2 Å². The molecule has 0 aromatic carbocycles. The fourth-order valence-electron chi connectivity index (χ4n) is 2.66. The van der Waals surface area contributed by atoms with Crippen LogP contribution in [0.25, 0.3) is 5.65 Å². The Hall–Kier alpha value is -2.21. The molecule has 1 aliphatic rings. The Bertz CT molecular complexity index is 740. The largest absolute Gasteiger partial charge is 0.393 e. The number of hydrogen-bond acceptors (Lipinski definition) is 4. The molecule has 0 saturated carbocycles. The molecule has 3 heterocycles. The number of aromatic nitrogens is 2. The van der Waals surface area contributed by atoms with E-state index in [2.05, 4.69) is 4.98 Å². The van der Waals surface area contributed by atoms with Gasteiger partial charge in [-0.15, -0.1) is 0 Å². The summed E-state index contributed by atoms with van der Waals surface area (Å²) in [5.74, 6) is -0.302. The molecule has 2 unspecified atom stereocenters. The molecule has 1 aliphatic heterocycles. The maximum absolute atomic E-state index is 12.5. The topological polar surface area (TPSA) is 74.9 Å². The molecule has 6 heteroatoms. The van der Waals surface area contributed by atoms with Crippen molar-refractivity contribution in [1.29, 1.82) is 0 Å². The summed E-state index contributed by atoms with van der Waals surface area (Å²) in [5.41, 5.74) is 0.230. The molecule has 1 saturated heterocycles. The molecule has 2 aromatic heterocycles. The summed E-state index contributed by atoms with van der Waals surface area (Å²) in [6, 6.07) is 5.23. The first-order chi connectivity index (χ1) is 10.1. The fourth-order valence-corrected chi connectivity index (χ4v) is 2.66. The third kappa shape index (κ3) is 2.42. The van der Waals surface area contributed by atoms with Crippen molar-refractivity contribution in [2.75, 3.05) is 13.1 Å². The van der Waals surface area contributed by atoms with Crippen LogP contribution in [-0.4, -0.2) is 44.5 Å². The van der Waals surface area contributed by atoms with Crippen molar-refractivity contribution in [2.45, 2.75) is 19.4 Å². The zero-order valence-corrected chi connectivity index (χ0v) is 11.8. The molecule has 0 spiro atoms. The van der Waals surface area contributed by atoms with E-state index in [1.54, 1.807) is 29.3 Å². The van der Waals surface area contributed by atoms with Crippen LogP contribution < -0.4 is 5.56 Å². The van der Waals surface area contributed by atoms with E-state index < -0.39 is 0 Å². The van der Waals surface area contributed by atoms with E-state index in [4.69, 9.17) is 0 Å². The second-order valence-electron chi connectivity index (χ2n) is 5.49. The van der Waals surface area contributed by atoms with Gasteiger partial charge in [0.15, 0.2) is 0 Å². The number of pyridine rings is 1. The Morgan fingerprint density at radius 2 is 2.24 bits per heavy atom. The molecule has 2 atom stereocenters. The number of piperidine rings is 1. The highest BCUT2D eigenvalue weighted by molar-refractivity contribution is 5.93. The van der Waals surface area contributed by atoms with Gasteiger partial charge in [-0.1, -0.05) is 13.0 Å². The van der Waals surface area contributed by atoms with E-state index in [0.717, 1.165) is 0 Å².